The molecule has 0 unspecified atom stereocenters. The first kappa shape index (κ1) is 28.2. The molecule has 13 heteroatoms. The van der Waals surface area contributed by atoms with Gasteiger partial charge in [-0.2, -0.15) is 34.8 Å². The first-order chi connectivity index (χ1) is 16.1. The lowest BCUT2D eigenvalue weighted by Gasteiger charge is -2.29. The second-order valence-corrected chi connectivity index (χ2v) is 10.3. The van der Waals surface area contributed by atoms with Gasteiger partial charge in [0.15, 0.2) is 14.7 Å². The fourth-order valence-corrected chi connectivity index (χ4v) is 5.79. The Morgan fingerprint density at radius 2 is 0.886 bits per heavy atom. The SMILES string of the molecule is O=C(O)C(C(F)(F)F)(C(F)(F)F)S(=O)(=O)O.c1ccc([S+](c2ccccc2)c2ccccc2)cc1. The van der Waals surface area contributed by atoms with E-state index in [0.29, 0.717) is 0 Å². The number of benzene rings is 3. The molecule has 0 aliphatic rings. The van der Waals surface area contributed by atoms with Crippen LogP contribution in [-0.4, -0.2) is 41.1 Å². The minimum atomic E-state index is -6.99. The van der Waals surface area contributed by atoms with E-state index in [1.165, 1.54) is 14.7 Å². The van der Waals surface area contributed by atoms with Gasteiger partial charge in [0.2, 0.25) is 0 Å². The molecule has 0 aliphatic heterocycles. The topological polar surface area (TPSA) is 91.7 Å². The molecule has 3 aromatic carbocycles. The summed E-state index contributed by atoms with van der Waals surface area (Å²) < 4.78 is 93.8. The molecular weight excluding hydrogens is 522 g/mol. The number of carbonyl (C=O) groups is 1. The van der Waals surface area contributed by atoms with Crippen molar-refractivity contribution in [1.82, 2.24) is 0 Å². The third-order valence-electron chi connectivity index (χ3n) is 4.42. The second kappa shape index (κ2) is 10.7. The van der Waals surface area contributed by atoms with E-state index in [9.17, 15) is 39.6 Å². The summed E-state index contributed by atoms with van der Waals surface area (Å²) in [6.07, 6.45) is -13.5. The molecule has 0 bridgehead atoms. The number of rotatable bonds is 5. The number of hydrogen-bond donors (Lipinski definition) is 2. The molecule has 0 amide bonds. The summed E-state index contributed by atoms with van der Waals surface area (Å²) >= 11 is 0. The van der Waals surface area contributed by atoms with Crippen molar-refractivity contribution in [2.75, 3.05) is 0 Å². The van der Waals surface area contributed by atoms with Gasteiger partial charge in [-0.05, 0) is 36.4 Å². The Morgan fingerprint density at radius 3 is 1.03 bits per heavy atom. The molecule has 35 heavy (non-hydrogen) atoms. The van der Waals surface area contributed by atoms with Gasteiger partial charge in [-0.15, -0.1) is 0 Å². The van der Waals surface area contributed by atoms with Crippen LogP contribution in [-0.2, 0) is 25.8 Å². The Kier molecular flexibility index (Phi) is 8.63. The van der Waals surface area contributed by atoms with Crippen LogP contribution < -0.4 is 0 Å². The van der Waals surface area contributed by atoms with Crippen LogP contribution >= 0.6 is 0 Å². The molecule has 2 N–H and O–H groups in total. The first-order valence-electron chi connectivity index (χ1n) is 9.38. The van der Waals surface area contributed by atoms with Gasteiger partial charge in [-0.3, -0.25) is 4.55 Å². The van der Waals surface area contributed by atoms with Gasteiger partial charge in [0.05, 0.1) is 10.9 Å². The van der Waals surface area contributed by atoms with E-state index in [2.05, 4.69) is 91.0 Å². The van der Waals surface area contributed by atoms with Crippen molar-refractivity contribution in [2.45, 2.75) is 31.8 Å². The standard InChI is InChI=1S/C18H15S.C4H2F6O5S/c1-4-10-16(11-5-1)19(17-12-6-2-7-13-17)18-14-8-3-9-15-18;5-3(6,7)2(1(11)12,4(8,9)10)16(13,14)15/h1-15H;(H,11,12)(H,13,14,15)/q+1;. The number of alkyl halides is 6. The van der Waals surface area contributed by atoms with E-state index in [-0.39, 0.29) is 10.9 Å². The maximum atomic E-state index is 12.0. The Hall–Kier alpha value is -3.03. The highest BCUT2D eigenvalue weighted by molar-refractivity contribution is 7.97. The lowest BCUT2D eigenvalue weighted by Crippen LogP contribution is -2.66. The molecule has 0 spiro atoms. The van der Waals surface area contributed by atoms with Gasteiger partial charge in [-0.1, -0.05) is 54.6 Å². The van der Waals surface area contributed by atoms with Crippen molar-refractivity contribution in [3.8, 4) is 0 Å². The second-order valence-electron chi connectivity index (χ2n) is 6.70. The van der Waals surface area contributed by atoms with Crippen molar-refractivity contribution in [2.24, 2.45) is 0 Å². The van der Waals surface area contributed by atoms with Gasteiger partial charge in [0.25, 0.3) is 0 Å². The number of aliphatic carboxylic acids is 1. The molecule has 3 rings (SSSR count). The van der Waals surface area contributed by atoms with Crippen LogP contribution in [0.4, 0.5) is 26.3 Å². The average Bonchev–Trinajstić information content (AvgIpc) is 2.73. The van der Waals surface area contributed by atoms with Crippen molar-refractivity contribution >= 4 is 27.0 Å². The monoisotopic (exact) mass is 539 g/mol. The molecule has 0 atom stereocenters. The largest absolute Gasteiger partial charge is 0.479 e. The predicted molar refractivity (Wildman–Crippen MR) is 116 cm³/mol. The van der Waals surface area contributed by atoms with Crippen molar-refractivity contribution < 1.29 is 49.2 Å². The van der Waals surface area contributed by atoms with Crippen LogP contribution in [0.25, 0.3) is 0 Å². The number of carboxylic acid groups (broad SMARTS) is 1. The normalized spacial score (nSPS) is 12.6. The zero-order valence-corrected chi connectivity index (χ0v) is 19.0. The van der Waals surface area contributed by atoms with Crippen molar-refractivity contribution in [3.63, 3.8) is 0 Å². The highest BCUT2D eigenvalue weighted by Gasteiger charge is 2.84. The number of carboxylic acids is 1. The van der Waals surface area contributed by atoms with E-state index < -0.39 is 33.2 Å². The summed E-state index contributed by atoms with van der Waals surface area (Å²) in [5.74, 6) is -3.78. The maximum absolute atomic E-state index is 12.0. The molecule has 0 heterocycles. The van der Waals surface area contributed by atoms with Crippen LogP contribution in [0.15, 0.2) is 106 Å². The molecule has 0 saturated heterocycles. The highest BCUT2D eigenvalue weighted by Crippen LogP contribution is 2.48. The van der Waals surface area contributed by atoms with Gasteiger partial charge in [0, 0.05) is 0 Å². The highest BCUT2D eigenvalue weighted by atomic mass is 32.2. The molecule has 0 aromatic heterocycles. The summed E-state index contributed by atoms with van der Waals surface area (Å²) in [5.41, 5.74) is 0. The number of hydrogen-bond acceptors (Lipinski definition) is 3. The van der Waals surface area contributed by atoms with E-state index in [1.807, 2.05) is 0 Å². The van der Waals surface area contributed by atoms with Gasteiger partial charge >= 0.3 is 33.2 Å². The fraction of sp³-hybridized carbons (Fsp3) is 0.136. The summed E-state index contributed by atoms with van der Waals surface area (Å²) in [6.45, 7) is 0. The van der Waals surface area contributed by atoms with Crippen LogP contribution in [0.5, 0.6) is 0 Å². The Balaban J connectivity index is 0.000000252. The molecular formula is C22H17F6O5S2+. The van der Waals surface area contributed by atoms with E-state index in [1.54, 1.807) is 0 Å². The van der Waals surface area contributed by atoms with Gasteiger partial charge in [-0.25, -0.2) is 4.79 Å². The number of halogens is 6. The molecule has 188 valence electrons. The van der Waals surface area contributed by atoms with E-state index in [0.717, 1.165) is 0 Å². The van der Waals surface area contributed by atoms with Crippen LogP contribution in [0.2, 0.25) is 0 Å². The third-order valence-corrected chi connectivity index (χ3v) is 8.07. The van der Waals surface area contributed by atoms with Crippen LogP contribution in [0.3, 0.4) is 0 Å². The summed E-state index contributed by atoms with van der Waals surface area (Å²) in [4.78, 5) is 14.1. The van der Waals surface area contributed by atoms with Crippen molar-refractivity contribution in [1.29, 1.82) is 0 Å². The lowest BCUT2D eigenvalue weighted by molar-refractivity contribution is -0.266. The Labute approximate surface area is 199 Å². The Morgan fingerprint density at radius 1 is 0.629 bits per heavy atom. The van der Waals surface area contributed by atoms with Gasteiger partial charge in [0.1, 0.15) is 0 Å². The average molecular weight is 539 g/mol. The minimum Gasteiger partial charge on any atom is -0.479 e. The van der Waals surface area contributed by atoms with Crippen LogP contribution in [0.1, 0.15) is 0 Å². The van der Waals surface area contributed by atoms with Gasteiger partial charge < -0.3 is 5.11 Å². The zero-order chi connectivity index (χ0) is 26.5. The van der Waals surface area contributed by atoms with E-state index >= 15 is 0 Å². The van der Waals surface area contributed by atoms with Crippen LogP contribution in [0, 0.1) is 0 Å². The predicted octanol–water partition coefficient (Wildman–Crippen LogP) is 5.60. The zero-order valence-electron chi connectivity index (χ0n) is 17.4. The summed E-state index contributed by atoms with van der Waals surface area (Å²) in [7, 11) is -7.01. The molecule has 3 aromatic rings. The third kappa shape index (κ3) is 5.97. The molecule has 0 saturated carbocycles. The smallest absolute Gasteiger partial charge is 0.430 e. The first-order valence-corrected chi connectivity index (χ1v) is 12.0. The quantitative estimate of drug-likeness (QED) is 0.250. The molecule has 5 nitrogen and oxygen atoms in total. The summed E-state index contributed by atoms with van der Waals surface area (Å²) in [6, 6.07) is 32.2. The van der Waals surface area contributed by atoms with E-state index in [4.69, 9.17) is 9.66 Å². The fourth-order valence-electron chi connectivity index (χ4n) is 2.88. The minimum absolute atomic E-state index is 0.0146. The Bertz CT molecular complexity index is 1110. The maximum Gasteiger partial charge on any atom is 0.430 e. The molecule has 0 radical (unpaired) electrons. The summed E-state index contributed by atoms with van der Waals surface area (Å²) in [5, 5.41) is 7.85. The molecule has 0 aliphatic carbocycles. The molecule has 0 fully saturated rings. The lowest BCUT2D eigenvalue weighted by atomic mass is 10.1. The van der Waals surface area contributed by atoms with Crippen molar-refractivity contribution in [3.05, 3.63) is 91.0 Å².